The molecule has 2 aromatic rings. The monoisotopic (exact) mass is 320 g/mol. The minimum Gasteiger partial charge on any atom is -0.512 e. The van der Waals surface area contributed by atoms with Crippen LogP contribution in [0.25, 0.3) is 10.2 Å². The molecular weight excluding hydrogens is 304 g/mol. The first-order valence-electron chi connectivity index (χ1n) is 6.60. The smallest absolute Gasteiger partial charge is 0.343 e. The molecule has 1 N–H and O–H groups in total. The molecule has 0 radical (unpaired) electrons. The van der Waals surface area contributed by atoms with E-state index in [1.54, 1.807) is 14.0 Å². The lowest BCUT2D eigenvalue weighted by Crippen LogP contribution is -2.10. The number of aliphatic hydroxyl groups excluding tert-OH is 1. The Morgan fingerprint density at radius 1 is 1.50 bits per heavy atom. The van der Waals surface area contributed by atoms with E-state index in [4.69, 9.17) is 9.47 Å². The number of methoxy groups -OCH3 is 1. The van der Waals surface area contributed by atoms with E-state index in [0.29, 0.717) is 5.13 Å². The van der Waals surface area contributed by atoms with Gasteiger partial charge in [0.05, 0.1) is 23.9 Å². The normalized spacial score (nSPS) is 12.5. The van der Waals surface area contributed by atoms with Crippen LogP contribution in [0.2, 0.25) is 0 Å². The number of aliphatic imine (C=N–C) groups is 1. The van der Waals surface area contributed by atoms with Gasteiger partial charge in [-0.3, -0.25) is 0 Å². The van der Waals surface area contributed by atoms with Crippen LogP contribution in [0.4, 0.5) is 5.13 Å². The molecule has 0 spiro atoms. The largest absolute Gasteiger partial charge is 0.512 e. The third kappa shape index (κ3) is 3.62. The van der Waals surface area contributed by atoms with Crippen LogP contribution in [0.15, 0.2) is 34.5 Å². The third-order valence-corrected chi connectivity index (χ3v) is 3.70. The highest BCUT2D eigenvalue weighted by molar-refractivity contribution is 7.22. The number of carbonyl (C=O) groups is 1. The molecule has 2 rings (SSSR count). The summed E-state index contributed by atoms with van der Waals surface area (Å²) in [7, 11) is 1.60. The molecule has 1 aromatic heterocycles. The Morgan fingerprint density at radius 3 is 2.91 bits per heavy atom. The second kappa shape index (κ2) is 7.04. The molecule has 0 aliphatic carbocycles. The lowest BCUT2D eigenvalue weighted by atomic mass is 10.2. The van der Waals surface area contributed by atoms with E-state index in [1.165, 1.54) is 24.5 Å². The first-order valence-corrected chi connectivity index (χ1v) is 7.42. The van der Waals surface area contributed by atoms with Gasteiger partial charge in [-0.1, -0.05) is 11.3 Å². The van der Waals surface area contributed by atoms with Crippen molar-refractivity contribution in [1.82, 2.24) is 4.98 Å². The van der Waals surface area contributed by atoms with Crippen molar-refractivity contribution < 1.29 is 19.4 Å². The predicted octanol–water partition coefficient (Wildman–Crippen LogP) is 3.40. The van der Waals surface area contributed by atoms with Gasteiger partial charge < -0.3 is 14.6 Å². The molecule has 1 aromatic carbocycles. The van der Waals surface area contributed by atoms with Crippen LogP contribution in [0.1, 0.15) is 13.8 Å². The number of nitrogens with zero attached hydrogens (tertiary/aromatic N) is 2. The molecule has 1 heterocycles. The summed E-state index contributed by atoms with van der Waals surface area (Å²) in [6, 6.07) is 5.52. The van der Waals surface area contributed by atoms with Crippen molar-refractivity contribution in [2.24, 2.45) is 4.99 Å². The Bertz CT molecular complexity index is 745. The first kappa shape index (κ1) is 16.0. The van der Waals surface area contributed by atoms with Crippen LogP contribution in [-0.2, 0) is 9.53 Å². The number of aliphatic hydroxyl groups is 1. The SMILES string of the molecule is CCOC(=O)C(C=Nc1nc2ccc(OC)cc2s1)=C(C)O. The van der Waals surface area contributed by atoms with E-state index >= 15 is 0 Å². The number of aromatic nitrogens is 1. The van der Waals surface area contributed by atoms with Gasteiger partial charge in [-0.25, -0.2) is 14.8 Å². The van der Waals surface area contributed by atoms with Crippen LogP contribution in [0.5, 0.6) is 5.75 Å². The molecule has 22 heavy (non-hydrogen) atoms. The van der Waals surface area contributed by atoms with Gasteiger partial charge >= 0.3 is 5.97 Å². The molecular formula is C15H16N2O4S. The van der Waals surface area contributed by atoms with Crippen LogP contribution >= 0.6 is 11.3 Å². The van der Waals surface area contributed by atoms with E-state index in [0.717, 1.165) is 16.0 Å². The van der Waals surface area contributed by atoms with E-state index in [-0.39, 0.29) is 17.9 Å². The summed E-state index contributed by atoms with van der Waals surface area (Å²) in [4.78, 5) is 20.2. The number of rotatable bonds is 5. The second-order valence-electron chi connectivity index (χ2n) is 4.31. The fourth-order valence-corrected chi connectivity index (χ4v) is 2.54. The quantitative estimate of drug-likeness (QED) is 0.395. The molecule has 6 nitrogen and oxygen atoms in total. The Hall–Kier alpha value is -2.41. The summed E-state index contributed by atoms with van der Waals surface area (Å²) in [5.74, 6) is -0.0241. The molecule has 0 bridgehead atoms. The number of carbonyl (C=O) groups excluding carboxylic acids is 1. The van der Waals surface area contributed by atoms with E-state index in [1.807, 2.05) is 18.2 Å². The number of benzene rings is 1. The minimum atomic E-state index is -0.617. The standard InChI is InChI=1S/C15H16N2O4S/c1-4-21-14(19)11(9(2)18)8-16-15-17-12-6-5-10(20-3)7-13(12)22-15/h5-8,18H,4H2,1-3H3. The number of fused-ring (bicyclic) bond motifs is 1. The van der Waals surface area contributed by atoms with E-state index < -0.39 is 5.97 Å². The van der Waals surface area contributed by atoms with Crippen LogP contribution in [0, 0.1) is 0 Å². The van der Waals surface area contributed by atoms with Crippen molar-refractivity contribution in [2.45, 2.75) is 13.8 Å². The molecule has 0 atom stereocenters. The third-order valence-electron chi connectivity index (χ3n) is 2.77. The van der Waals surface area contributed by atoms with Crippen molar-refractivity contribution in [3.8, 4) is 5.75 Å². The van der Waals surface area contributed by atoms with Crippen LogP contribution < -0.4 is 4.74 Å². The first-order chi connectivity index (χ1) is 10.5. The summed E-state index contributed by atoms with van der Waals surface area (Å²) < 4.78 is 10.9. The van der Waals surface area contributed by atoms with Crippen molar-refractivity contribution >= 4 is 38.9 Å². The summed E-state index contributed by atoms with van der Waals surface area (Å²) in [5, 5.41) is 10.0. The van der Waals surface area contributed by atoms with Gasteiger partial charge in [0.2, 0.25) is 5.13 Å². The van der Waals surface area contributed by atoms with Crippen molar-refractivity contribution in [3.63, 3.8) is 0 Å². The highest BCUT2D eigenvalue weighted by atomic mass is 32.1. The fraction of sp³-hybridized carbons (Fsp3) is 0.267. The zero-order chi connectivity index (χ0) is 16.1. The number of hydrogen-bond donors (Lipinski definition) is 1. The minimum absolute atomic E-state index is 0.0127. The number of esters is 1. The molecule has 0 amide bonds. The van der Waals surface area contributed by atoms with Gasteiger partial charge in [0.25, 0.3) is 0 Å². The maximum Gasteiger partial charge on any atom is 0.343 e. The Balaban J connectivity index is 2.28. The zero-order valence-corrected chi connectivity index (χ0v) is 13.3. The number of allylic oxidation sites excluding steroid dienone is 1. The molecule has 0 aliphatic rings. The summed E-state index contributed by atoms with van der Waals surface area (Å²) >= 11 is 1.36. The lowest BCUT2D eigenvalue weighted by Gasteiger charge is -2.02. The van der Waals surface area contributed by atoms with Crippen LogP contribution in [0.3, 0.4) is 0 Å². The van der Waals surface area contributed by atoms with Crippen molar-refractivity contribution in [1.29, 1.82) is 0 Å². The maximum atomic E-state index is 11.7. The molecule has 0 aliphatic heterocycles. The van der Waals surface area contributed by atoms with Gasteiger partial charge in [0.1, 0.15) is 17.1 Å². The molecule has 0 fully saturated rings. The predicted molar refractivity (Wildman–Crippen MR) is 86.3 cm³/mol. The molecule has 0 unspecified atom stereocenters. The highest BCUT2D eigenvalue weighted by Crippen LogP contribution is 2.30. The molecule has 116 valence electrons. The molecule has 0 saturated heterocycles. The average molecular weight is 320 g/mol. The van der Waals surface area contributed by atoms with Crippen molar-refractivity contribution in [2.75, 3.05) is 13.7 Å². The lowest BCUT2D eigenvalue weighted by molar-refractivity contribution is -0.138. The summed E-state index contributed by atoms with van der Waals surface area (Å²) in [5.41, 5.74) is 0.805. The highest BCUT2D eigenvalue weighted by Gasteiger charge is 2.12. The second-order valence-corrected chi connectivity index (χ2v) is 5.32. The van der Waals surface area contributed by atoms with E-state index in [2.05, 4.69) is 9.98 Å². The van der Waals surface area contributed by atoms with Gasteiger partial charge in [-0.05, 0) is 32.0 Å². The number of thiazole rings is 1. The molecule has 7 heteroatoms. The van der Waals surface area contributed by atoms with Crippen molar-refractivity contribution in [3.05, 3.63) is 29.5 Å². The topological polar surface area (TPSA) is 81.0 Å². The average Bonchev–Trinajstić information content (AvgIpc) is 2.88. The maximum absolute atomic E-state index is 11.7. The fourth-order valence-electron chi connectivity index (χ4n) is 1.70. The van der Waals surface area contributed by atoms with Gasteiger partial charge in [0, 0.05) is 6.21 Å². The van der Waals surface area contributed by atoms with Crippen LogP contribution in [-0.4, -0.2) is 36.0 Å². The van der Waals surface area contributed by atoms with E-state index in [9.17, 15) is 9.90 Å². The number of ether oxygens (including phenoxy) is 2. The molecule has 0 saturated carbocycles. The number of hydrogen-bond acceptors (Lipinski definition) is 7. The van der Waals surface area contributed by atoms with Gasteiger partial charge in [-0.15, -0.1) is 0 Å². The van der Waals surface area contributed by atoms with Gasteiger partial charge in [0.15, 0.2) is 0 Å². The summed E-state index contributed by atoms with van der Waals surface area (Å²) in [6.45, 7) is 3.33. The Labute approximate surface area is 131 Å². The Kier molecular flexibility index (Phi) is 5.11. The summed E-state index contributed by atoms with van der Waals surface area (Å²) in [6.07, 6.45) is 1.27. The van der Waals surface area contributed by atoms with Gasteiger partial charge in [-0.2, -0.15) is 0 Å². The zero-order valence-electron chi connectivity index (χ0n) is 12.5. The Morgan fingerprint density at radius 2 is 2.27 bits per heavy atom.